The molecule has 5 heteroatoms. The maximum Gasteiger partial charge on any atom is 0.226 e. The molecule has 32 heavy (non-hydrogen) atoms. The lowest BCUT2D eigenvalue weighted by molar-refractivity contribution is -0.137. The summed E-state index contributed by atoms with van der Waals surface area (Å²) in [7, 11) is 0. The Balaban J connectivity index is 1.37. The Morgan fingerprint density at radius 1 is 0.938 bits per heavy atom. The van der Waals surface area contributed by atoms with Gasteiger partial charge in [-0.15, -0.1) is 0 Å². The highest BCUT2D eigenvalue weighted by Gasteiger charge is 2.29. The van der Waals surface area contributed by atoms with E-state index in [2.05, 4.69) is 39.2 Å². The van der Waals surface area contributed by atoms with Crippen LogP contribution in [-0.4, -0.2) is 25.8 Å². The normalized spacial score (nSPS) is 15.2. The number of fused-ring (bicyclic) bond motifs is 1. The number of H-pyrrole nitrogens is 1. The quantitative estimate of drug-likeness (QED) is 0.485. The standard InChI is InChI=1S/C27H26N4O/c32-27(24-13-12-21-8-4-5-11-23(21)15-24)31(18-20-7-6-14-28-16-20)19-25-17-29-26(30-25)22-9-2-1-3-10-22/h1-11,14,16-17,24H,12-13,15,18-19H2,(H,29,30)/t24-/m0/s1. The fourth-order valence-electron chi connectivity index (χ4n) is 4.48. The molecule has 0 saturated heterocycles. The molecule has 1 atom stereocenters. The molecule has 0 fully saturated rings. The van der Waals surface area contributed by atoms with Crippen molar-refractivity contribution in [3.05, 3.63) is 108 Å². The summed E-state index contributed by atoms with van der Waals surface area (Å²) in [4.78, 5) is 27.8. The third kappa shape index (κ3) is 4.47. The summed E-state index contributed by atoms with van der Waals surface area (Å²) in [5, 5.41) is 0. The van der Waals surface area contributed by atoms with E-state index in [0.717, 1.165) is 41.9 Å². The highest BCUT2D eigenvalue weighted by molar-refractivity contribution is 5.79. The van der Waals surface area contributed by atoms with E-state index >= 15 is 0 Å². The summed E-state index contributed by atoms with van der Waals surface area (Å²) in [6.07, 6.45) is 8.07. The molecule has 0 bridgehead atoms. The summed E-state index contributed by atoms with van der Waals surface area (Å²) in [6, 6.07) is 22.5. The number of rotatable bonds is 6. The lowest BCUT2D eigenvalue weighted by Gasteiger charge is -2.30. The van der Waals surface area contributed by atoms with Gasteiger partial charge in [0.05, 0.1) is 18.4 Å². The molecule has 0 unspecified atom stereocenters. The van der Waals surface area contributed by atoms with Crippen LogP contribution >= 0.6 is 0 Å². The van der Waals surface area contributed by atoms with E-state index in [1.165, 1.54) is 11.1 Å². The molecule has 1 aliphatic rings. The minimum atomic E-state index is -0.00177. The van der Waals surface area contributed by atoms with Crippen LogP contribution in [0.3, 0.4) is 0 Å². The van der Waals surface area contributed by atoms with Crippen molar-refractivity contribution in [1.82, 2.24) is 19.9 Å². The number of aryl methyl sites for hydroxylation is 1. The number of aromatic nitrogens is 3. The van der Waals surface area contributed by atoms with Crippen LogP contribution in [0.4, 0.5) is 0 Å². The third-order valence-corrected chi connectivity index (χ3v) is 6.14. The van der Waals surface area contributed by atoms with Crippen LogP contribution in [0.5, 0.6) is 0 Å². The van der Waals surface area contributed by atoms with Crippen LogP contribution in [0.15, 0.2) is 85.3 Å². The average Bonchev–Trinajstić information content (AvgIpc) is 3.33. The fourth-order valence-corrected chi connectivity index (χ4v) is 4.48. The molecule has 2 aromatic heterocycles. The number of amides is 1. The number of imidazole rings is 1. The molecule has 5 nitrogen and oxygen atoms in total. The minimum Gasteiger partial charge on any atom is -0.340 e. The van der Waals surface area contributed by atoms with Crippen LogP contribution in [0.1, 0.15) is 28.8 Å². The lowest BCUT2D eigenvalue weighted by Crippen LogP contribution is -2.37. The smallest absolute Gasteiger partial charge is 0.226 e. The first-order chi connectivity index (χ1) is 15.8. The maximum absolute atomic E-state index is 13.7. The van der Waals surface area contributed by atoms with Gasteiger partial charge < -0.3 is 9.88 Å². The second-order valence-corrected chi connectivity index (χ2v) is 8.39. The summed E-state index contributed by atoms with van der Waals surface area (Å²) >= 11 is 0. The Bertz CT molecular complexity index is 1190. The second kappa shape index (κ2) is 9.18. The first kappa shape index (κ1) is 20.2. The number of nitrogens with zero attached hydrogens (tertiary/aromatic N) is 3. The molecule has 1 amide bonds. The zero-order valence-corrected chi connectivity index (χ0v) is 17.9. The van der Waals surface area contributed by atoms with E-state index in [9.17, 15) is 4.79 Å². The van der Waals surface area contributed by atoms with Gasteiger partial charge in [0.1, 0.15) is 5.82 Å². The van der Waals surface area contributed by atoms with Crippen LogP contribution < -0.4 is 0 Å². The Morgan fingerprint density at radius 3 is 2.56 bits per heavy atom. The molecular formula is C27H26N4O. The topological polar surface area (TPSA) is 61.9 Å². The van der Waals surface area contributed by atoms with Gasteiger partial charge in [0, 0.05) is 30.4 Å². The molecule has 2 aromatic carbocycles. The molecule has 1 aliphatic carbocycles. The lowest BCUT2D eigenvalue weighted by atomic mass is 9.83. The molecule has 4 aromatic rings. The number of benzene rings is 2. The van der Waals surface area contributed by atoms with E-state index in [4.69, 9.17) is 0 Å². The van der Waals surface area contributed by atoms with Gasteiger partial charge in [-0.1, -0.05) is 60.7 Å². The molecule has 0 saturated carbocycles. The number of hydrogen-bond acceptors (Lipinski definition) is 3. The van der Waals surface area contributed by atoms with Gasteiger partial charge in [-0.25, -0.2) is 4.98 Å². The van der Waals surface area contributed by atoms with Crippen LogP contribution in [0.2, 0.25) is 0 Å². The van der Waals surface area contributed by atoms with Crippen molar-refractivity contribution in [1.29, 1.82) is 0 Å². The number of hydrogen-bond donors (Lipinski definition) is 1. The minimum absolute atomic E-state index is 0.00177. The Labute approximate surface area is 188 Å². The zero-order valence-electron chi connectivity index (χ0n) is 17.9. The predicted octanol–water partition coefficient (Wildman–Crippen LogP) is 4.81. The van der Waals surface area contributed by atoms with Crippen molar-refractivity contribution < 1.29 is 4.79 Å². The largest absolute Gasteiger partial charge is 0.340 e. The SMILES string of the molecule is O=C([C@H]1CCc2ccccc2C1)N(Cc1cccnc1)Cc1cnc(-c2ccccc2)[nH]1. The highest BCUT2D eigenvalue weighted by atomic mass is 16.2. The van der Waals surface area contributed by atoms with Gasteiger partial charge in [0.25, 0.3) is 0 Å². The maximum atomic E-state index is 13.7. The summed E-state index contributed by atoms with van der Waals surface area (Å²) in [5.41, 5.74) is 5.66. The number of aromatic amines is 1. The molecular weight excluding hydrogens is 396 g/mol. The number of nitrogens with one attached hydrogen (secondary N) is 1. The number of carbonyl (C=O) groups is 1. The Kier molecular flexibility index (Phi) is 5.79. The Morgan fingerprint density at radius 2 is 1.75 bits per heavy atom. The molecule has 2 heterocycles. The van der Waals surface area contributed by atoms with Gasteiger partial charge in [-0.05, 0) is 42.0 Å². The van der Waals surface area contributed by atoms with E-state index in [-0.39, 0.29) is 11.8 Å². The molecule has 0 aliphatic heterocycles. The molecule has 0 spiro atoms. The van der Waals surface area contributed by atoms with E-state index in [1.807, 2.05) is 59.8 Å². The van der Waals surface area contributed by atoms with Gasteiger partial charge >= 0.3 is 0 Å². The predicted molar refractivity (Wildman–Crippen MR) is 124 cm³/mol. The Hall–Kier alpha value is -3.73. The third-order valence-electron chi connectivity index (χ3n) is 6.14. The summed E-state index contributed by atoms with van der Waals surface area (Å²) in [5.74, 6) is 1.01. The van der Waals surface area contributed by atoms with Gasteiger partial charge in [-0.2, -0.15) is 0 Å². The second-order valence-electron chi connectivity index (χ2n) is 8.39. The fraction of sp³-hybridized carbons (Fsp3) is 0.222. The van der Waals surface area contributed by atoms with E-state index in [1.54, 1.807) is 6.20 Å². The van der Waals surface area contributed by atoms with Crippen molar-refractivity contribution in [2.24, 2.45) is 5.92 Å². The average molecular weight is 423 g/mol. The van der Waals surface area contributed by atoms with Crippen molar-refractivity contribution in [3.63, 3.8) is 0 Å². The molecule has 0 radical (unpaired) electrons. The van der Waals surface area contributed by atoms with E-state index < -0.39 is 0 Å². The number of carbonyl (C=O) groups excluding carboxylic acids is 1. The molecule has 160 valence electrons. The highest BCUT2D eigenvalue weighted by Crippen LogP contribution is 2.28. The zero-order chi connectivity index (χ0) is 21.8. The summed E-state index contributed by atoms with van der Waals surface area (Å²) < 4.78 is 0. The van der Waals surface area contributed by atoms with Crippen LogP contribution in [-0.2, 0) is 30.7 Å². The van der Waals surface area contributed by atoms with Crippen molar-refractivity contribution in [2.45, 2.75) is 32.4 Å². The van der Waals surface area contributed by atoms with Crippen molar-refractivity contribution in [2.75, 3.05) is 0 Å². The summed E-state index contributed by atoms with van der Waals surface area (Å²) in [6.45, 7) is 1.02. The molecule has 5 rings (SSSR count). The monoisotopic (exact) mass is 422 g/mol. The van der Waals surface area contributed by atoms with E-state index in [0.29, 0.717) is 13.1 Å². The van der Waals surface area contributed by atoms with Crippen LogP contribution in [0, 0.1) is 5.92 Å². The van der Waals surface area contributed by atoms with Crippen molar-refractivity contribution in [3.8, 4) is 11.4 Å². The number of pyridine rings is 1. The first-order valence-corrected chi connectivity index (χ1v) is 11.1. The van der Waals surface area contributed by atoms with Gasteiger partial charge in [0.2, 0.25) is 5.91 Å². The van der Waals surface area contributed by atoms with Gasteiger partial charge in [0.15, 0.2) is 0 Å². The van der Waals surface area contributed by atoms with Crippen LogP contribution in [0.25, 0.3) is 11.4 Å². The van der Waals surface area contributed by atoms with Gasteiger partial charge in [-0.3, -0.25) is 9.78 Å². The van der Waals surface area contributed by atoms with Crippen molar-refractivity contribution >= 4 is 5.91 Å². The first-order valence-electron chi connectivity index (χ1n) is 11.1. The molecule has 1 N–H and O–H groups in total.